The van der Waals surface area contributed by atoms with Crippen LogP contribution in [-0.2, 0) is 13.1 Å². The zero-order valence-corrected chi connectivity index (χ0v) is 16.9. The summed E-state index contributed by atoms with van der Waals surface area (Å²) in [7, 11) is 5.38. The van der Waals surface area contributed by atoms with Crippen molar-refractivity contribution in [2.45, 2.75) is 13.1 Å². The zero-order valence-electron chi connectivity index (χ0n) is 16.9. The maximum Gasteiger partial charge on any atom is 0.208 e. The molecule has 4 aromatic rings. The van der Waals surface area contributed by atoms with Crippen LogP contribution in [0.25, 0.3) is 11.2 Å². The predicted octanol–water partition coefficient (Wildman–Crippen LogP) is 4.13. The Bertz CT molecular complexity index is 1110. The number of rotatable bonds is 7. The van der Waals surface area contributed by atoms with Crippen LogP contribution >= 0.6 is 0 Å². The molecule has 0 fully saturated rings. The number of pyridine rings is 1. The lowest BCUT2D eigenvalue weighted by Crippen LogP contribution is -2.21. The molecule has 0 spiro atoms. The van der Waals surface area contributed by atoms with Gasteiger partial charge in [0.15, 0.2) is 5.65 Å². The Morgan fingerprint density at radius 2 is 1.79 bits per heavy atom. The number of hydrogen-bond acceptors (Lipinski definition) is 5. The van der Waals surface area contributed by atoms with Gasteiger partial charge in [0, 0.05) is 31.4 Å². The summed E-state index contributed by atoms with van der Waals surface area (Å²) >= 11 is 0. The summed E-state index contributed by atoms with van der Waals surface area (Å²) in [6.07, 6.45) is 1.77. The summed E-state index contributed by atoms with van der Waals surface area (Å²) in [4.78, 5) is 11.4. The van der Waals surface area contributed by atoms with Crippen LogP contribution in [0.15, 0.2) is 66.9 Å². The zero-order chi connectivity index (χ0) is 20.2. The number of anilines is 1. The molecule has 0 saturated heterocycles. The summed E-state index contributed by atoms with van der Waals surface area (Å²) < 4.78 is 13.1. The van der Waals surface area contributed by atoms with Gasteiger partial charge in [-0.05, 0) is 29.8 Å². The predicted molar refractivity (Wildman–Crippen MR) is 115 cm³/mol. The summed E-state index contributed by atoms with van der Waals surface area (Å²) in [5.74, 6) is 2.41. The highest BCUT2D eigenvalue weighted by atomic mass is 16.5. The number of hydrogen-bond donors (Lipinski definition) is 0. The molecule has 2 aromatic heterocycles. The Balaban J connectivity index is 1.74. The molecule has 4 rings (SSSR count). The molecule has 6 heteroatoms. The Morgan fingerprint density at radius 1 is 0.966 bits per heavy atom. The van der Waals surface area contributed by atoms with Crippen molar-refractivity contribution in [3.63, 3.8) is 0 Å². The largest absolute Gasteiger partial charge is 0.497 e. The Kier molecular flexibility index (Phi) is 5.33. The van der Waals surface area contributed by atoms with Crippen molar-refractivity contribution >= 4 is 17.1 Å². The fourth-order valence-electron chi connectivity index (χ4n) is 3.48. The standard InChI is InChI=1S/C23H24N4O2/c1-26(15-17-8-5-4-6-9-17)23-25-22-20(10-7-13-24-22)27(23)16-18-11-12-19(28-2)14-21(18)29-3/h4-14H,15-16H2,1-3H3. The first-order chi connectivity index (χ1) is 14.2. The third-order valence-corrected chi connectivity index (χ3v) is 4.93. The second-order valence-corrected chi connectivity index (χ2v) is 6.86. The number of imidazole rings is 1. The maximum atomic E-state index is 5.60. The quantitative estimate of drug-likeness (QED) is 0.476. The van der Waals surface area contributed by atoms with Gasteiger partial charge in [0.25, 0.3) is 0 Å². The van der Waals surface area contributed by atoms with Crippen LogP contribution in [0.4, 0.5) is 5.95 Å². The van der Waals surface area contributed by atoms with Crippen LogP contribution in [0.2, 0.25) is 0 Å². The van der Waals surface area contributed by atoms with Crippen LogP contribution in [-0.4, -0.2) is 35.8 Å². The van der Waals surface area contributed by atoms with E-state index in [4.69, 9.17) is 14.5 Å². The molecule has 0 aliphatic heterocycles. The fraction of sp³-hybridized carbons (Fsp3) is 0.217. The number of aromatic nitrogens is 3. The van der Waals surface area contributed by atoms with Crippen molar-refractivity contribution in [3.05, 3.63) is 78.0 Å². The molecule has 0 aliphatic rings. The summed E-state index contributed by atoms with van der Waals surface area (Å²) in [5, 5.41) is 0. The molecule has 0 bridgehead atoms. The van der Waals surface area contributed by atoms with Gasteiger partial charge in [-0.15, -0.1) is 0 Å². The maximum absolute atomic E-state index is 5.60. The van der Waals surface area contributed by atoms with Crippen molar-refractivity contribution in [1.29, 1.82) is 0 Å². The van der Waals surface area contributed by atoms with Gasteiger partial charge in [0.05, 0.1) is 26.3 Å². The number of ether oxygens (including phenoxy) is 2. The summed E-state index contributed by atoms with van der Waals surface area (Å²) in [6.45, 7) is 1.37. The van der Waals surface area contributed by atoms with Crippen molar-refractivity contribution in [2.75, 3.05) is 26.2 Å². The van der Waals surface area contributed by atoms with Crippen LogP contribution in [0.3, 0.4) is 0 Å². The van der Waals surface area contributed by atoms with Gasteiger partial charge in [-0.2, -0.15) is 4.98 Å². The minimum Gasteiger partial charge on any atom is -0.497 e. The van der Waals surface area contributed by atoms with Crippen molar-refractivity contribution < 1.29 is 9.47 Å². The number of methoxy groups -OCH3 is 2. The molecular weight excluding hydrogens is 364 g/mol. The molecule has 0 saturated carbocycles. The van der Waals surface area contributed by atoms with E-state index in [1.165, 1.54) is 5.56 Å². The normalized spacial score (nSPS) is 10.9. The molecular formula is C23H24N4O2. The molecule has 0 radical (unpaired) electrons. The monoisotopic (exact) mass is 388 g/mol. The lowest BCUT2D eigenvalue weighted by Gasteiger charge is -2.21. The van der Waals surface area contributed by atoms with Crippen LogP contribution in [0.5, 0.6) is 11.5 Å². The average Bonchev–Trinajstić information content (AvgIpc) is 3.13. The molecule has 0 amide bonds. The average molecular weight is 388 g/mol. The van der Waals surface area contributed by atoms with E-state index in [1.54, 1.807) is 20.4 Å². The molecule has 0 aliphatic carbocycles. The Labute approximate surface area is 170 Å². The summed E-state index contributed by atoms with van der Waals surface area (Å²) in [6, 6.07) is 20.2. The second-order valence-electron chi connectivity index (χ2n) is 6.86. The molecule has 0 unspecified atom stereocenters. The third kappa shape index (κ3) is 3.87. The van der Waals surface area contributed by atoms with E-state index in [9.17, 15) is 0 Å². The molecule has 0 atom stereocenters. The smallest absolute Gasteiger partial charge is 0.208 e. The van der Waals surface area contributed by atoms with E-state index < -0.39 is 0 Å². The minimum absolute atomic E-state index is 0.615. The molecule has 2 heterocycles. The lowest BCUT2D eigenvalue weighted by molar-refractivity contribution is 0.390. The Hall–Kier alpha value is -3.54. The highest BCUT2D eigenvalue weighted by molar-refractivity contribution is 5.75. The van der Waals surface area contributed by atoms with Crippen molar-refractivity contribution in [2.24, 2.45) is 0 Å². The van der Waals surface area contributed by atoms with E-state index in [2.05, 4.69) is 45.8 Å². The Morgan fingerprint density at radius 3 is 2.55 bits per heavy atom. The van der Waals surface area contributed by atoms with Crippen molar-refractivity contribution in [1.82, 2.24) is 14.5 Å². The lowest BCUT2D eigenvalue weighted by atomic mass is 10.2. The highest BCUT2D eigenvalue weighted by Gasteiger charge is 2.17. The summed E-state index contributed by atoms with van der Waals surface area (Å²) in [5.41, 5.74) is 3.99. The van der Waals surface area contributed by atoms with Gasteiger partial charge in [0.1, 0.15) is 11.5 Å². The van der Waals surface area contributed by atoms with Gasteiger partial charge in [0.2, 0.25) is 5.95 Å². The molecule has 2 aromatic carbocycles. The van der Waals surface area contributed by atoms with Gasteiger partial charge in [-0.25, -0.2) is 4.98 Å². The van der Waals surface area contributed by atoms with E-state index in [-0.39, 0.29) is 0 Å². The molecule has 0 N–H and O–H groups in total. The topological polar surface area (TPSA) is 52.4 Å². The fourth-order valence-corrected chi connectivity index (χ4v) is 3.48. The second kappa shape index (κ2) is 8.22. The molecule has 148 valence electrons. The number of benzene rings is 2. The van der Waals surface area contributed by atoms with Crippen LogP contribution in [0.1, 0.15) is 11.1 Å². The van der Waals surface area contributed by atoms with Gasteiger partial charge in [-0.1, -0.05) is 30.3 Å². The van der Waals surface area contributed by atoms with Crippen LogP contribution in [0, 0.1) is 0 Å². The van der Waals surface area contributed by atoms with Gasteiger partial charge >= 0.3 is 0 Å². The van der Waals surface area contributed by atoms with Gasteiger partial charge < -0.3 is 18.9 Å². The van der Waals surface area contributed by atoms with E-state index in [0.29, 0.717) is 6.54 Å². The van der Waals surface area contributed by atoms with Gasteiger partial charge in [-0.3, -0.25) is 0 Å². The van der Waals surface area contributed by atoms with E-state index >= 15 is 0 Å². The first kappa shape index (κ1) is 18.8. The van der Waals surface area contributed by atoms with Crippen LogP contribution < -0.4 is 14.4 Å². The number of nitrogens with zero attached hydrogens (tertiary/aromatic N) is 4. The first-order valence-electron chi connectivity index (χ1n) is 9.47. The number of fused-ring (bicyclic) bond motifs is 1. The van der Waals surface area contributed by atoms with E-state index in [1.807, 2.05) is 36.4 Å². The third-order valence-electron chi connectivity index (χ3n) is 4.93. The van der Waals surface area contributed by atoms with E-state index in [0.717, 1.165) is 40.7 Å². The highest BCUT2D eigenvalue weighted by Crippen LogP contribution is 2.29. The molecule has 6 nitrogen and oxygen atoms in total. The SMILES string of the molecule is COc1ccc(Cn2c(N(C)Cc3ccccc3)nc3ncccc32)c(OC)c1. The minimum atomic E-state index is 0.615. The van der Waals surface area contributed by atoms with Crippen molar-refractivity contribution in [3.8, 4) is 11.5 Å². The first-order valence-corrected chi connectivity index (χ1v) is 9.47. The molecule has 29 heavy (non-hydrogen) atoms.